The van der Waals surface area contributed by atoms with Crippen LogP contribution in [0, 0.1) is 0 Å². The van der Waals surface area contributed by atoms with Gasteiger partial charge in [-0.1, -0.05) is 19.1 Å². The van der Waals surface area contributed by atoms with Crippen molar-refractivity contribution in [2.45, 2.75) is 39.3 Å². The molecular weight excluding hydrogens is 256 g/mol. The number of hydrogen-bond donors (Lipinski definition) is 2. The van der Waals surface area contributed by atoms with Crippen molar-refractivity contribution in [1.29, 1.82) is 0 Å². The summed E-state index contributed by atoms with van der Waals surface area (Å²) < 4.78 is 0. The minimum Gasteiger partial charge on any atom is -0.480 e. The van der Waals surface area contributed by atoms with Crippen molar-refractivity contribution in [3.63, 3.8) is 0 Å². The van der Waals surface area contributed by atoms with E-state index in [-0.39, 0.29) is 5.91 Å². The van der Waals surface area contributed by atoms with Gasteiger partial charge < -0.3 is 10.4 Å². The van der Waals surface area contributed by atoms with Gasteiger partial charge in [-0.15, -0.1) is 0 Å². The van der Waals surface area contributed by atoms with Crippen molar-refractivity contribution in [3.05, 3.63) is 29.3 Å². The van der Waals surface area contributed by atoms with E-state index in [1.165, 1.54) is 6.92 Å². The molecule has 1 aliphatic heterocycles. The van der Waals surface area contributed by atoms with Gasteiger partial charge in [0.2, 0.25) is 5.91 Å². The molecule has 1 atom stereocenters. The second kappa shape index (κ2) is 6.05. The third-order valence-electron chi connectivity index (χ3n) is 3.72. The molecule has 2 N–H and O–H groups in total. The maximum atomic E-state index is 11.3. The summed E-state index contributed by atoms with van der Waals surface area (Å²) in [6.45, 7) is 4.70. The van der Waals surface area contributed by atoms with E-state index < -0.39 is 12.0 Å². The van der Waals surface area contributed by atoms with Gasteiger partial charge in [-0.25, -0.2) is 0 Å². The minimum atomic E-state index is -0.769. The molecule has 1 amide bonds. The van der Waals surface area contributed by atoms with Crippen molar-refractivity contribution in [2.24, 2.45) is 0 Å². The third kappa shape index (κ3) is 2.99. The van der Waals surface area contributed by atoms with Gasteiger partial charge in [0, 0.05) is 25.7 Å². The van der Waals surface area contributed by atoms with E-state index in [9.17, 15) is 14.7 Å². The van der Waals surface area contributed by atoms with Gasteiger partial charge >= 0.3 is 5.97 Å². The monoisotopic (exact) mass is 276 g/mol. The van der Waals surface area contributed by atoms with E-state index in [1.807, 2.05) is 30.0 Å². The van der Waals surface area contributed by atoms with Crippen LogP contribution in [0.4, 0.5) is 5.69 Å². The number of rotatable bonds is 4. The standard InChI is InChI=1S/C15H20N2O3/c1-3-14(15(19)20)17-8-7-12-11(9-17)5-4-6-13(12)16-10(2)18/h4-6,14H,3,7-9H2,1-2H3,(H,16,18)(H,19,20). The van der Waals surface area contributed by atoms with Crippen LogP contribution in [0.25, 0.3) is 0 Å². The van der Waals surface area contributed by atoms with Crippen molar-refractivity contribution < 1.29 is 14.7 Å². The number of aliphatic carboxylic acids is 1. The summed E-state index contributed by atoms with van der Waals surface area (Å²) >= 11 is 0. The summed E-state index contributed by atoms with van der Waals surface area (Å²) in [6.07, 6.45) is 1.35. The lowest BCUT2D eigenvalue weighted by Crippen LogP contribution is -2.43. The van der Waals surface area contributed by atoms with Crippen LogP contribution in [0.5, 0.6) is 0 Å². The van der Waals surface area contributed by atoms with Crippen LogP contribution in [0.3, 0.4) is 0 Å². The second-order valence-corrected chi connectivity index (χ2v) is 5.11. The number of hydrogen-bond acceptors (Lipinski definition) is 3. The van der Waals surface area contributed by atoms with Crippen LogP contribution in [-0.2, 0) is 22.6 Å². The van der Waals surface area contributed by atoms with Crippen LogP contribution in [0.1, 0.15) is 31.4 Å². The minimum absolute atomic E-state index is 0.0854. The zero-order valence-electron chi connectivity index (χ0n) is 11.8. The first-order valence-corrected chi connectivity index (χ1v) is 6.88. The summed E-state index contributed by atoms with van der Waals surface area (Å²) in [4.78, 5) is 24.5. The number of carboxylic acids is 1. The molecule has 1 unspecified atom stereocenters. The van der Waals surface area contributed by atoms with E-state index >= 15 is 0 Å². The Labute approximate surface area is 118 Å². The topological polar surface area (TPSA) is 69.6 Å². The lowest BCUT2D eigenvalue weighted by molar-refractivity contribution is -0.143. The number of carbonyl (C=O) groups is 2. The average molecular weight is 276 g/mol. The predicted octanol–water partition coefficient (Wildman–Crippen LogP) is 1.87. The first-order valence-electron chi connectivity index (χ1n) is 6.88. The lowest BCUT2D eigenvalue weighted by Gasteiger charge is -2.33. The fraction of sp³-hybridized carbons (Fsp3) is 0.467. The van der Waals surface area contributed by atoms with Gasteiger partial charge in [-0.05, 0) is 30.0 Å². The molecule has 1 heterocycles. The molecule has 1 aromatic rings. The molecule has 5 heteroatoms. The van der Waals surface area contributed by atoms with Crippen molar-refractivity contribution in [1.82, 2.24) is 4.90 Å². The fourth-order valence-corrected chi connectivity index (χ4v) is 2.79. The average Bonchev–Trinajstić information content (AvgIpc) is 2.38. The van der Waals surface area contributed by atoms with Gasteiger partial charge in [0.15, 0.2) is 0 Å². The Morgan fingerprint density at radius 2 is 2.20 bits per heavy atom. The van der Waals surface area contributed by atoms with Gasteiger partial charge in [-0.2, -0.15) is 0 Å². The number of carbonyl (C=O) groups excluding carboxylic acids is 1. The molecule has 0 aliphatic carbocycles. The largest absolute Gasteiger partial charge is 0.480 e. The van der Waals surface area contributed by atoms with E-state index in [2.05, 4.69) is 5.32 Å². The van der Waals surface area contributed by atoms with Crippen LogP contribution in [-0.4, -0.2) is 34.5 Å². The summed E-state index contributed by atoms with van der Waals surface area (Å²) in [7, 11) is 0. The quantitative estimate of drug-likeness (QED) is 0.880. The van der Waals surface area contributed by atoms with Gasteiger partial charge in [0.1, 0.15) is 6.04 Å². The first kappa shape index (κ1) is 14.5. The number of amides is 1. The van der Waals surface area contributed by atoms with Crippen LogP contribution in [0.2, 0.25) is 0 Å². The summed E-state index contributed by atoms with van der Waals surface area (Å²) in [5.74, 6) is -0.855. The lowest BCUT2D eigenvalue weighted by atomic mass is 9.96. The Morgan fingerprint density at radius 1 is 1.45 bits per heavy atom. The molecule has 108 valence electrons. The van der Waals surface area contributed by atoms with Gasteiger partial charge in [0.05, 0.1) is 0 Å². The molecular formula is C15H20N2O3. The van der Waals surface area contributed by atoms with Gasteiger partial charge in [-0.3, -0.25) is 14.5 Å². The number of nitrogens with one attached hydrogen (secondary N) is 1. The molecule has 0 aromatic heterocycles. The van der Waals surface area contributed by atoms with Crippen LogP contribution in [0.15, 0.2) is 18.2 Å². The zero-order chi connectivity index (χ0) is 14.7. The maximum Gasteiger partial charge on any atom is 0.320 e. The molecule has 0 spiro atoms. The Morgan fingerprint density at radius 3 is 2.80 bits per heavy atom. The number of anilines is 1. The molecule has 1 aliphatic rings. The highest BCUT2D eigenvalue weighted by Crippen LogP contribution is 2.27. The van der Waals surface area contributed by atoms with Crippen LogP contribution >= 0.6 is 0 Å². The Kier molecular flexibility index (Phi) is 4.39. The molecule has 0 bridgehead atoms. The van der Waals surface area contributed by atoms with E-state index in [1.54, 1.807) is 0 Å². The number of carboxylic acid groups (broad SMARTS) is 1. The van der Waals surface area contributed by atoms with E-state index in [4.69, 9.17) is 0 Å². The smallest absolute Gasteiger partial charge is 0.320 e. The highest BCUT2D eigenvalue weighted by Gasteiger charge is 2.28. The van der Waals surface area contributed by atoms with E-state index in [0.717, 1.165) is 23.2 Å². The normalized spacial score (nSPS) is 16.3. The number of fused-ring (bicyclic) bond motifs is 1. The van der Waals surface area contributed by atoms with Crippen molar-refractivity contribution in [2.75, 3.05) is 11.9 Å². The number of benzene rings is 1. The third-order valence-corrected chi connectivity index (χ3v) is 3.72. The molecule has 0 fully saturated rings. The fourth-order valence-electron chi connectivity index (χ4n) is 2.79. The molecule has 20 heavy (non-hydrogen) atoms. The zero-order valence-corrected chi connectivity index (χ0v) is 11.8. The van der Waals surface area contributed by atoms with Crippen LogP contribution < -0.4 is 5.32 Å². The Hall–Kier alpha value is -1.88. The second-order valence-electron chi connectivity index (χ2n) is 5.11. The molecule has 2 rings (SSSR count). The molecule has 5 nitrogen and oxygen atoms in total. The first-order chi connectivity index (χ1) is 9.52. The SMILES string of the molecule is CCC(C(=O)O)N1CCc2c(cccc2NC(C)=O)C1. The summed E-state index contributed by atoms with van der Waals surface area (Å²) in [5.41, 5.74) is 3.07. The highest BCUT2D eigenvalue weighted by molar-refractivity contribution is 5.89. The van der Waals surface area contributed by atoms with Crippen molar-refractivity contribution >= 4 is 17.6 Å². The molecule has 0 radical (unpaired) electrons. The Balaban J connectivity index is 2.23. The van der Waals surface area contributed by atoms with Gasteiger partial charge in [0.25, 0.3) is 0 Å². The predicted molar refractivity (Wildman–Crippen MR) is 76.6 cm³/mol. The molecule has 0 saturated heterocycles. The highest BCUT2D eigenvalue weighted by atomic mass is 16.4. The summed E-state index contributed by atoms with van der Waals surface area (Å²) in [5, 5.41) is 12.1. The Bertz CT molecular complexity index is 528. The number of nitrogens with zero attached hydrogens (tertiary/aromatic N) is 1. The van der Waals surface area contributed by atoms with E-state index in [0.29, 0.717) is 19.5 Å². The molecule has 0 saturated carbocycles. The van der Waals surface area contributed by atoms with Crippen molar-refractivity contribution in [3.8, 4) is 0 Å². The maximum absolute atomic E-state index is 11.3. The summed E-state index contributed by atoms with van der Waals surface area (Å²) in [6, 6.07) is 5.36. The molecule has 1 aromatic carbocycles.